The lowest BCUT2D eigenvalue weighted by Crippen LogP contribution is -2.47. The van der Waals surface area contributed by atoms with Crippen molar-refractivity contribution in [2.45, 2.75) is 0 Å². The summed E-state index contributed by atoms with van der Waals surface area (Å²) in [6, 6.07) is 19.0. The molecule has 3 heterocycles. The lowest BCUT2D eigenvalue weighted by molar-refractivity contribution is 0.628. The van der Waals surface area contributed by atoms with E-state index in [4.69, 9.17) is 0 Å². The molecule has 1 saturated heterocycles. The van der Waals surface area contributed by atoms with Crippen LogP contribution < -0.4 is 9.80 Å². The summed E-state index contributed by atoms with van der Waals surface area (Å²) >= 11 is 0. The van der Waals surface area contributed by atoms with Gasteiger partial charge in [0.15, 0.2) is 5.82 Å². The topological polar surface area (TPSA) is 36.7 Å². The zero-order valence-corrected chi connectivity index (χ0v) is 15.4. The van der Waals surface area contributed by atoms with Gasteiger partial charge in [0.25, 0.3) is 0 Å². The van der Waals surface area contributed by atoms with Gasteiger partial charge >= 0.3 is 0 Å². The molecule has 4 aromatic rings. The molecule has 5 rings (SSSR count). The van der Waals surface area contributed by atoms with E-state index in [1.807, 2.05) is 22.8 Å². The van der Waals surface area contributed by atoms with Crippen molar-refractivity contribution in [2.24, 2.45) is 0 Å². The molecule has 0 radical (unpaired) electrons. The molecule has 28 heavy (non-hydrogen) atoms. The molecular formula is C22H20FN5. The maximum Gasteiger partial charge on any atom is 0.154 e. The maximum absolute atomic E-state index is 13.2. The molecule has 0 bridgehead atoms. The van der Waals surface area contributed by atoms with E-state index in [-0.39, 0.29) is 5.82 Å². The van der Waals surface area contributed by atoms with Crippen LogP contribution in [0.4, 0.5) is 15.9 Å². The van der Waals surface area contributed by atoms with Crippen LogP contribution in [0.3, 0.4) is 0 Å². The molecule has 0 saturated carbocycles. The maximum atomic E-state index is 13.2. The van der Waals surface area contributed by atoms with E-state index < -0.39 is 0 Å². The molecule has 2 aromatic heterocycles. The third-order valence-electron chi connectivity index (χ3n) is 5.21. The first-order valence-corrected chi connectivity index (χ1v) is 9.43. The van der Waals surface area contributed by atoms with Crippen molar-refractivity contribution >= 4 is 17.0 Å². The van der Waals surface area contributed by atoms with Gasteiger partial charge in [-0.3, -0.25) is 0 Å². The number of hydrogen-bond donors (Lipinski definition) is 0. The van der Waals surface area contributed by atoms with E-state index in [0.717, 1.165) is 48.8 Å². The van der Waals surface area contributed by atoms with Crippen LogP contribution in [0.25, 0.3) is 16.8 Å². The number of hydrogen-bond acceptors (Lipinski definition) is 4. The van der Waals surface area contributed by atoms with Crippen molar-refractivity contribution in [1.29, 1.82) is 0 Å². The zero-order chi connectivity index (χ0) is 18.9. The van der Waals surface area contributed by atoms with Crippen molar-refractivity contribution in [1.82, 2.24) is 14.6 Å². The fourth-order valence-corrected chi connectivity index (χ4v) is 3.73. The minimum atomic E-state index is -0.244. The molecule has 0 aliphatic carbocycles. The second-order valence-corrected chi connectivity index (χ2v) is 6.93. The second kappa shape index (κ2) is 6.96. The van der Waals surface area contributed by atoms with E-state index in [2.05, 4.69) is 44.1 Å². The van der Waals surface area contributed by atoms with Crippen molar-refractivity contribution in [3.05, 3.63) is 78.9 Å². The Morgan fingerprint density at radius 2 is 1.54 bits per heavy atom. The van der Waals surface area contributed by atoms with Gasteiger partial charge in [-0.05, 0) is 42.5 Å². The molecule has 5 nitrogen and oxygen atoms in total. The fourth-order valence-electron chi connectivity index (χ4n) is 3.73. The van der Waals surface area contributed by atoms with E-state index in [0.29, 0.717) is 0 Å². The first-order chi connectivity index (χ1) is 13.8. The fraction of sp³-hybridized carbons (Fsp3) is 0.182. The molecule has 1 aliphatic heterocycles. The predicted molar refractivity (Wildman–Crippen MR) is 109 cm³/mol. The predicted octanol–water partition coefficient (Wildman–Crippen LogP) is 3.86. The Balaban J connectivity index is 1.41. The van der Waals surface area contributed by atoms with Crippen LogP contribution in [0.15, 0.2) is 73.1 Å². The van der Waals surface area contributed by atoms with Gasteiger partial charge in [0.2, 0.25) is 0 Å². The molecule has 0 unspecified atom stereocenters. The summed E-state index contributed by atoms with van der Waals surface area (Å²) in [7, 11) is 0. The lowest BCUT2D eigenvalue weighted by Gasteiger charge is -2.36. The van der Waals surface area contributed by atoms with E-state index in [1.165, 1.54) is 17.8 Å². The number of benzene rings is 2. The quantitative estimate of drug-likeness (QED) is 0.546. The van der Waals surface area contributed by atoms with Gasteiger partial charge in [-0.25, -0.2) is 13.9 Å². The summed E-state index contributed by atoms with van der Waals surface area (Å²) in [5, 5.41) is 4.65. The van der Waals surface area contributed by atoms with Gasteiger partial charge in [0.05, 0.1) is 5.69 Å². The van der Waals surface area contributed by atoms with Gasteiger partial charge < -0.3 is 9.80 Å². The van der Waals surface area contributed by atoms with Crippen molar-refractivity contribution in [3.63, 3.8) is 0 Å². The van der Waals surface area contributed by atoms with E-state index in [1.54, 1.807) is 18.3 Å². The van der Waals surface area contributed by atoms with Crippen molar-refractivity contribution in [3.8, 4) is 11.3 Å². The number of fused-ring (bicyclic) bond motifs is 1. The summed E-state index contributed by atoms with van der Waals surface area (Å²) in [5.74, 6) is 0.697. The number of halogens is 1. The number of para-hydroxylation sites is 1. The molecule has 0 atom stereocenters. The highest BCUT2D eigenvalue weighted by molar-refractivity contribution is 5.75. The Bertz CT molecular complexity index is 1080. The molecule has 0 amide bonds. The highest BCUT2D eigenvalue weighted by Crippen LogP contribution is 2.26. The Morgan fingerprint density at radius 1 is 0.821 bits per heavy atom. The molecule has 1 fully saturated rings. The number of piperazine rings is 1. The Morgan fingerprint density at radius 3 is 2.29 bits per heavy atom. The van der Waals surface area contributed by atoms with Crippen LogP contribution in [-0.2, 0) is 0 Å². The van der Waals surface area contributed by atoms with Crippen LogP contribution in [0.5, 0.6) is 0 Å². The molecule has 0 N–H and O–H groups in total. The number of anilines is 2. The summed E-state index contributed by atoms with van der Waals surface area (Å²) in [5.41, 5.74) is 3.94. The van der Waals surface area contributed by atoms with Crippen molar-refractivity contribution in [2.75, 3.05) is 36.0 Å². The first-order valence-electron chi connectivity index (χ1n) is 9.43. The number of nitrogens with zero attached hydrogens (tertiary/aromatic N) is 5. The summed E-state index contributed by atoms with van der Waals surface area (Å²) in [6.07, 6.45) is 3.64. The minimum absolute atomic E-state index is 0.244. The Hall–Kier alpha value is -3.41. The van der Waals surface area contributed by atoms with Crippen LogP contribution in [0.2, 0.25) is 0 Å². The molecule has 6 heteroatoms. The summed E-state index contributed by atoms with van der Waals surface area (Å²) in [4.78, 5) is 9.35. The molecule has 1 aliphatic rings. The summed E-state index contributed by atoms with van der Waals surface area (Å²) < 4.78 is 15.1. The van der Waals surface area contributed by atoms with E-state index >= 15 is 0 Å². The van der Waals surface area contributed by atoms with Gasteiger partial charge in [0, 0.05) is 49.8 Å². The normalized spacial score (nSPS) is 14.6. The number of aromatic nitrogens is 3. The zero-order valence-electron chi connectivity index (χ0n) is 15.4. The highest BCUT2D eigenvalue weighted by Gasteiger charge is 2.21. The third kappa shape index (κ3) is 3.07. The average molecular weight is 373 g/mol. The van der Waals surface area contributed by atoms with Gasteiger partial charge in [0.1, 0.15) is 11.3 Å². The largest absolute Gasteiger partial charge is 0.368 e. The molecule has 140 valence electrons. The van der Waals surface area contributed by atoms with Crippen molar-refractivity contribution < 1.29 is 4.39 Å². The Kier molecular flexibility index (Phi) is 4.16. The number of rotatable bonds is 3. The smallest absolute Gasteiger partial charge is 0.154 e. The van der Waals surface area contributed by atoms with Crippen LogP contribution >= 0.6 is 0 Å². The standard InChI is InChI=1S/C22H20FN5/c23-18-8-6-17(7-9-18)20-16-21-22(24-10-11-28(21)25-20)27-14-12-26(13-15-27)19-4-2-1-3-5-19/h1-11,16H,12-15H2. The van der Waals surface area contributed by atoms with Gasteiger partial charge in [-0.2, -0.15) is 5.10 Å². The van der Waals surface area contributed by atoms with E-state index in [9.17, 15) is 4.39 Å². The average Bonchev–Trinajstić information content (AvgIpc) is 3.19. The third-order valence-corrected chi connectivity index (χ3v) is 5.21. The lowest BCUT2D eigenvalue weighted by atomic mass is 10.1. The first kappa shape index (κ1) is 16.7. The minimum Gasteiger partial charge on any atom is -0.368 e. The molecular weight excluding hydrogens is 353 g/mol. The van der Waals surface area contributed by atoms with Crippen LogP contribution in [0.1, 0.15) is 0 Å². The van der Waals surface area contributed by atoms with Gasteiger partial charge in [-0.15, -0.1) is 0 Å². The van der Waals surface area contributed by atoms with Gasteiger partial charge in [-0.1, -0.05) is 18.2 Å². The monoisotopic (exact) mass is 373 g/mol. The molecule has 0 spiro atoms. The summed E-state index contributed by atoms with van der Waals surface area (Å²) in [6.45, 7) is 3.70. The highest BCUT2D eigenvalue weighted by atomic mass is 19.1. The Labute approximate surface area is 162 Å². The van der Waals surface area contributed by atoms with Crippen LogP contribution in [0, 0.1) is 5.82 Å². The molecule has 2 aromatic carbocycles. The second-order valence-electron chi connectivity index (χ2n) is 6.93. The van der Waals surface area contributed by atoms with Crippen LogP contribution in [-0.4, -0.2) is 40.8 Å². The SMILES string of the molecule is Fc1ccc(-c2cc3c(N4CCN(c5ccccc5)CC4)nccn3n2)cc1.